The third kappa shape index (κ3) is 4.76. The highest BCUT2D eigenvalue weighted by Gasteiger charge is 2.17. The number of hydrogen-bond acceptors (Lipinski definition) is 2. The Bertz CT molecular complexity index is 371. The molecule has 0 saturated heterocycles. The highest BCUT2D eigenvalue weighted by Crippen LogP contribution is 2.38. The summed E-state index contributed by atoms with van der Waals surface area (Å²) in [4.78, 5) is 1.44. The summed E-state index contributed by atoms with van der Waals surface area (Å²) < 4.78 is 0. The molecular weight excluding hydrogens is 250 g/mol. The Balaban J connectivity index is 1.94. The smallest absolute Gasteiger partial charge is 0.0480 e. The zero-order valence-electron chi connectivity index (χ0n) is 12.3. The molecule has 1 N–H and O–H groups in total. The molecule has 1 aliphatic rings. The average Bonchev–Trinajstić information content (AvgIpc) is 2.91. The third-order valence-electron chi connectivity index (χ3n) is 3.88. The topological polar surface area (TPSA) is 12.0 Å². The van der Waals surface area contributed by atoms with E-state index in [1.54, 1.807) is 0 Å². The summed E-state index contributed by atoms with van der Waals surface area (Å²) in [6.07, 6.45) is 9.48. The van der Waals surface area contributed by atoms with Crippen molar-refractivity contribution in [2.45, 2.75) is 75.0 Å². The molecule has 0 radical (unpaired) electrons. The van der Waals surface area contributed by atoms with Crippen molar-refractivity contribution in [2.75, 3.05) is 5.32 Å². The predicted molar refractivity (Wildman–Crippen MR) is 87.2 cm³/mol. The minimum absolute atomic E-state index is 0.574. The van der Waals surface area contributed by atoms with Gasteiger partial charge in [0.1, 0.15) is 0 Å². The molecule has 0 aromatic heterocycles. The van der Waals surface area contributed by atoms with E-state index < -0.39 is 0 Å². The molecule has 1 aliphatic carbocycles. The van der Waals surface area contributed by atoms with Crippen LogP contribution in [-0.4, -0.2) is 11.3 Å². The van der Waals surface area contributed by atoms with E-state index in [4.69, 9.17) is 0 Å². The fourth-order valence-electron chi connectivity index (χ4n) is 2.72. The van der Waals surface area contributed by atoms with Crippen molar-refractivity contribution in [1.29, 1.82) is 0 Å². The number of para-hydroxylation sites is 1. The Labute approximate surface area is 122 Å². The molecule has 2 rings (SSSR count). The van der Waals surface area contributed by atoms with Crippen molar-refractivity contribution < 1.29 is 0 Å². The van der Waals surface area contributed by atoms with Crippen molar-refractivity contribution in [2.24, 2.45) is 0 Å². The first-order valence-electron chi connectivity index (χ1n) is 7.82. The number of thioether (sulfide) groups is 1. The molecule has 1 aromatic rings. The second-order valence-corrected chi connectivity index (χ2v) is 7.05. The van der Waals surface area contributed by atoms with Gasteiger partial charge in [0.05, 0.1) is 0 Å². The van der Waals surface area contributed by atoms with Crippen molar-refractivity contribution in [3.05, 3.63) is 24.3 Å². The first kappa shape index (κ1) is 14.8. The van der Waals surface area contributed by atoms with E-state index in [-0.39, 0.29) is 0 Å². The summed E-state index contributed by atoms with van der Waals surface area (Å²) in [6, 6.07) is 9.40. The van der Waals surface area contributed by atoms with E-state index in [0.29, 0.717) is 6.04 Å². The van der Waals surface area contributed by atoms with Gasteiger partial charge in [0.2, 0.25) is 0 Å². The van der Waals surface area contributed by atoms with Gasteiger partial charge in [-0.05, 0) is 38.3 Å². The van der Waals surface area contributed by atoms with Crippen LogP contribution in [0.1, 0.15) is 58.8 Å². The van der Waals surface area contributed by atoms with E-state index in [1.807, 2.05) is 0 Å². The summed E-state index contributed by atoms with van der Waals surface area (Å²) in [6.45, 7) is 4.56. The molecule has 1 fully saturated rings. The summed E-state index contributed by atoms with van der Waals surface area (Å²) in [5.74, 6) is 0. The lowest BCUT2D eigenvalue weighted by atomic mass is 10.1. The lowest BCUT2D eigenvalue weighted by Crippen LogP contribution is -2.15. The molecule has 0 spiro atoms. The minimum Gasteiger partial charge on any atom is -0.382 e. The van der Waals surface area contributed by atoms with E-state index in [1.165, 1.54) is 55.5 Å². The Morgan fingerprint density at radius 3 is 2.74 bits per heavy atom. The van der Waals surface area contributed by atoms with Gasteiger partial charge in [0.15, 0.2) is 0 Å². The van der Waals surface area contributed by atoms with Crippen LogP contribution in [0.15, 0.2) is 29.2 Å². The molecule has 0 bridgehead atoms. The van der Waals surface area contributed by atoms with Gasteiger partial charge in [-0.1, -0.05) is 44.7 Å². The van der Waals surface area contributed by atoms with Gasteiger partial charge in [-0.2, -0.15) is 0 Å². The largest absolute Gasteiger partial charge is 0.382 e. The standard InChI is InChI=1S/C17H27NS/c1-3-4-9-14(2)18-16-12-7-8-13-17(16)19-15-10-5-6-11-15/h7-8,12-15,18H,3-6,9-11H2,1-2H3. The van der Waals surface area contributed by atoms with Gasteiger partial charge >= 0.3 is 0 Å². The normalized spacial score (nSPS) is 17.6. The summed E-state index contributed by atoms with van der Waals surface area (Å²) >= 11 is 2.08. The SMILES string of the molecule is CCCCC(C)Nc1ccccc1SC1CCCC1. The number of hydrogen-bond donors (Lipinski definition) is 1. The molecule has 19 heavy (non-hydrogen) atoms. The molecule has 2 heteroatoms. The highest BCUT2D eigenvalue weighted by atomic mass is 32.2. The average molecular weight is 277 g/mol. The highest BCUT2D eigenvalue weighted by molar-refractivity contribution is 8.00. The zero-order valence-corrected chi connectivity index (χ0v) is 13.1. The molecule has 106 valence electrons. The minimum atomic E-state index is 0.574. The van der Waals surface area contributed by atoms with E-state index in [2.05, 4.69) is 55.2 Å². The first-order valence-corrected chi connectivity index (χ1v) is 8.69. The number of nitrogens with one attached hydrogen (secondary N) is 1. The van der Waals surface area contributed by atoms with Gasteiger partial charge in [-0.25, -0.2) is 0 Å². The van der Waals surface area contributed by atoms with Crippen molar-refractivity contribution in [1.82, 2.24) is 0 Å². The maximum absolute atomic E-state index is 3.70. The first-order chi connectivity index (χ1) is 9.29. The van der Waals surface area contributed by atoms with E-state index in [0.717, 1.165) is 5.25 Å². The second-order valence-electron chi connectivity index (χ2n) is 5.71. The fourth-order valence-corrected chi connectivity index (χ4v) is 4.06. The van der Waals surface area contributed by atoms with Crippen LogP contribution < -0.4 is 5.32 Å². The van der Waals surface area contributed by atoms with Gasteiger partial charge in [-0.15, -0.1) is 11.8 Å². The molecule has 1 nitrogen and oxygen atoms in total. The fraction of sp³-hybridized carbons (Fsp3) is 0.647. The molecule has 1 saturated carbocycles. The van der Waals surface area contributed by atoms with E-state index >= 15 is 0 Å². The van der Waals surface area contributed by atoms with Crippen LogP contribution in [0.5, 0.6) is 0 Å². The maximum Gasteiger partial charge on any atom is 0.0480 e. The maximum atomic E-state index is 3.70. The quantitative estimate of drug-likeness (QED) is 0.685. The Hall–Kier alpha value is -0.630. The lowest BCUT2D eigenvalue weighted by molar-refractivity contribution is 0.644. The van der Waals surface area contributed by atoms with Crippen LogP contribution >= 0.6 is 11.8 Å². The molecule has 1 atom stereocenters. The number of benzene rings is 1. The monoisotopic (exact) mass is 277 g/mol. The van der Waals surface area contributed by atoms with Crippen molar-refractivity contribution >= 4 is 17.4 Å². The zero-order chi connectivity index (χ0) is 13.5. The van der Waals surface area contributed by atoms with Crippen molar-refractivity contribution in [3.8, 4) is 0 Å². The van der Waals surface area contributed by atoms with Crippen LogP contribution in [0.2, 0.25) is 0 Å². The lowest BCUT2D eigenvalue weighted by Gasteiger charge is -2.19. The van der Waals surface area contributed by atoms with Gasteiger partial charge in [0, 0.05) is 21.9 Å². The Kier molecular flexibility index (Phi) is 6.09. The van der Waals surface area contributed by atoms with Crippen LogP contribution in [0.25, 0.3) is 0 Å². The molecular formula is C17H27NS. The molecule has 0 aliphatic heterocycles. The number of rotatable bonds is 7. The molecule has 1 aromatic carbocycles. The van der Waals surface area contributed by atoms with Crippen LogP contribution in [0.3, 0.4) is 0 Å². The Morgan fingerprint density at radius 1 is 1.26 bits per heavy atom. The van der Waals surface area contributed by atoms with Crippen LogP contribution in [0.4, 0.5) is 5.69 Å². The van der Waals surface area contributed by atoms with Gasteiger partial charge in [0.25, 0.3) is 0 Å². The number of anilines is 1. The predicted octanol–water partition coefficient (Wildman–Crippen LogP) is 5.71. The summed E-state index contributed by atoms with van der Waals surface area (Å²) in [7, 11) is 0. The number of unbranched alkanes of at least 4 members (excludes halogenated alkanes) is 1. The van der Waals surface area contributed by atoms with Crippen LogP contribution in [-0.2, 0) is 0 Å². The van der Waals surface area contributed by atoms with Gasteiger partial charge in [-0.3, -0.25) is 0 Å². The van der Waals surface area contributed by atoms with E-state index in [9.17, 15) is 0 Å². The molecule has 1 unspecified atom stereocenters. The Morgan fingerprint density at radius 2 is 2.00 bits per heavy atom. The summed E-state index contributed by atoms with van der Waals surface area (Å²) in [5.41, 5.74) is 1.34. The second kappa shape index (κ2) is 7.84. The van der Waals surface area contributed by atoms with Crippen molar-refractivity contribution in [3.63, 3.8) is 0 Å². The van der Waals surface area contributed by atoms with Gasteiger partial charge < -0.3 is 5.32 Å². The summed E-state index contributed by atoms with van der Waals surface area (Å²) in [5, 5.41) is 4.54. The molecule has 0 heterocycles. The molecule has 0 amide bonds. The van der Waals surface area contributed by atoms with Crippen LogP contribution in [0, 0.1) is 0 Å². The third-order valence-corrected chi connectivity index (χ3v) is 5.29.